The number of fused-ring (bicyclic) bond motifs is 1. The average molecular weight is 440 g/mol. The van der Waals surface area contributed by atoms with Crippen molar-refractivity contribution >= 4 is 40.1 Å². The fourth-order valence-corrected chi connectivity index (χ4v) is 3.44. The molecule has 4 rings (SSSR count). The summed E-state index contributed by atoms with van der Waals surface area (Å²) in [7, 11) is 0. The van der Waals surface area contributed by atoms with Gasteiger partial charge in [-0.15, -0.1) is 0 Å². The maximum absolute atomic E-state index is 13.2. The van der Waals surface area contributed by atoms with Crippen molar-refractivity contribution in [3.8, 4) is 17.1 Å². The van der Waals surface area contributed by atoms with Crippen LogP contribution < -0.4 is 15.3 Å². The molecule has 30 heavy (non-hydrogen) atoms. The van der Waals surface area contributed by atoms with E-state index in [4.69, 9.17) is 32.4 Å². The molecular formula is C23H13Cl2O5-. The molecule has 0 fully saturated rings. The third-order valence-corrected chi connectivity index (χ3v) is 5.04. The summed E-state index contributed by atoms with van der Waals surface area (Å²) in [5.41, 5.74) is 0.981. The summed E-state index contributed by atoms with van der Waals surface area (Å²) in [4.78, 5) is 24.3. The Morgan fingerprint density at radius 3 is 2.57 bits per heavy atom. The number of carboxylic acids is 1. The number of benzene rings is 3. The summed E-state index contributed by atoms with van der Waals surface area (Å²) >= 11 is 12.4. The second-order valence-corrected chi connectivity index (χ2v) is 7.33. The van der Waals surface area contributed by atoms with Gasteiger partial charge in [-0.3, -0.25) is 4.79 Å². The van der Waals surface area contributed by atoms with Crippen LogP contribution in [-0.2, 0) is 6.61 Å². The zero-order chi connectivity index (χ0) is 21.3. The van der Waals surface area contributed by atoms with Gasteiger partial charge >= 0.3 is 0 Å². The van der Waals surface area contributed by atoms with Crippen molar-refractivity contribution in [3.63, 3.8) is 0 Å². The summed E-state index contributed by atoms with van der Waals surface area (Å²) in [6.07, 6.45) is 0. The number of rotatable bonds is 5. The second kappa shape index (κ2) is 8.22. The lowest BCUT2D eigenvalue weighted by Gasteiger charge is -2.13. The van der Waals surface area contributed by atoms with E-state index < -0.39 is 11.4 Å². The van der Waals surface area contributed by atoms with Crippen LogP contribution in [0.4, 0.5) is 0 Å². The summed E-state index contributed by atoms with van der Waals surface area (Å²) in [5.74, 6) is -1.17. The lowest BCUT2D eigenvalue weighted by atomic mass is 10.1. The van der Waals surface area contributed by atoms with Gasteiger partial charge in [0.25, 0.3) is 0 Å². The number of carbonyl (C=O) groups is 1. The van der Waals surface area contributed by atoms with Gasteiger partial charge in [0.15, 0.2) is 5.76 Å². The summed E-state index contributed by atoms with van der Waals surface area (Å²) < 4.78 is 11.8. The van der Waals surface area contributed by atoms with Crippen LogP contribution in [0.25, 0.3) is 22.3 Å². The number of halogens is 2. The van der Waals surface area contributed by atoms with E-state index in [1.54, 1.807) is 48.5 Å². The van der Waals surface area contributed by atoms with Gasteiger partial charge in [-0.25, -0.2) is 0 Å². The Hall–Kier alpha value is -3.28. The zero-order valence-corrected chi connectivity index (χ0v) is 16.9. The molecule has 7 heteroatoms. The Kier molecular flexibility index (Phi) is 5.48. The fraction of sp³-hybridized carbons (Fsp3) is 0.0435. The van der Waals surface area contributed by atoms with Crippen molar-refractivity contribution in [2.75, 3.05) is 0 Å². The molecule has 0 N–H and O–H groups in total. The van der Waals surface area contributed by atoms with Gasteiger partial charge in [-0.2, -0.15) is 0 Å². The Bertz CT molecular complexity index is 1330. The second-order valence-electron chi connectivity index (χ2n) is 6.49. The third kappa shape index (κ3) is 3.90. The van der Waals surface area contributed by atoms with E-state index in [0.29, 0.717) is 26.8 Å². The molecule has 0 radical (unpaired) electrons. The highest BCUT2D eigenvalue weighted by atomic mass is 35.5. The average Bonchev–Trinajstić information content (AvgIpc) is 2.74. The molecule has 1 heterocycles. The predicted octanol–water partition coefficient (Wildman–Crippen LogP) is 4.71. The monoisotopic (exact) mass is 439 g/mol. The maximum atomic E-state index is 13.2. The summed E-state index contributed by atoms with van der Waals surface area (Å²) in [5, 5.41) is 12.1. The number of hydrogen-bond acceptors (Lipinski definition) is 5. The molecule has 0 aliphatic rings. The number of carboxylic acid groups (broad SMARTS) is 1. The van der Waals surface area contributed by atoms with Gasteiger partial charge < -0.3 is 19.1 Å². The van der Waals surface area contributed by atoms with Gasteiger partial charge in [0.2, 0.25) is 11.2 Å². The molecule has 0 spiro atoms. The van der Waals surface area contributed by atoms with Crippen LogP contribution >= 0.6 is 23.2 Å². The van der Waals surface area contributed by atoms with Crippen molar-refractivity contribution in [1.29, 1.82) is 0 Å². The van der Waals surface area contributed by atoms with Crippen molar-refractivity contribution < 1.29 is 19.1 Å². The van der Waals surface area contributed by atoms with Crippen LogP contribution in [0.2, 0.25) is 10.0 Å². The highest BCUT2D eigenvalue weighted by molar-refractivity contribution is 6.33. The lowest BCUT2D eigenvalue weighted by Crippen LogP contribution is -2.22. The van der Waals surface area contributed by atoms with E-state index in [0.717, 1.165) is 0 Å². The standard InChI is InChI=1S/C23H14Cl2O5/c24-15-8-9-19-17(11-15)20(26)22(21(30-19)16-6-1-2-7-18(16)25)29-12-13-4-3-5-14(10-13)23(27)28/h1-11H,12H2,(H,27,28)/p-1. The highest BCUT2D eigenvalue weighted by Crippen LogP contribution is 2.36. The summed E-state index contributed by atoms with van der Waals surface area (Å²) in [6.45, 7) is -0.0601. The quantitative estimate of drug-likeness (QED) is 0.449. The van der Waals surface area contributed by atoms with E-state index in [1.807, 2.05) is 0 Å². The van der Waals surface area contributed by atoms with Crippen molar-refractivity contribution in [2.45, 2.75) is 6.61 Å². The van der Waals surface area contributed by atoms with Crippen molar-refractivity contribution in [2.24, 2.45) is 0 Å². The molecule has 0 saturated carbocycles. The van der Waals surface area contributed by atoms with Crippen LogP contribution in [0.5, 0.6) is 5.75 Å². The fourth-order valence-electron chi connectivity index (χ4n) is 3.05. The molecule has 0 atom stereocenters. The van der Waals surface area contributed by atoms with Crippen LogP contribution in [0, 0.1) is 0 Å². The van der Waals surface area contributed by atoms with Gasteiger partial charge in [0, 0.05) is 10.6 Å². The van der Waals surface area contributed by atoms with Gasteiger partial charge in [0.1, 0.15) is 12.2 Å². The SMILES string of the molecule is O=C([O-])c1cccc(COc2c(-c3ccccc3Cl)oc3ccc(Cl)cc3c2=O)c1. The van der Waals surface area contributed by atoms with E-state index in [2.05, 4.69) is 0 Å². The van der Waals surface area contributed by atoms with E-state index >= 15 is 0 Å². The molecule has 3 aromatic carbocycles. The number of ether oxygens (including phenoxy) is 1. The molecule has 0 saturated heterocycles. The van der Waals surface area contributed by atoms with Crippen LogP contribution in [0.3, 0.4) is 0 Å². The molecule has 4 aromatic rings. The molecule has 0 aliphatic heterocycles. The Balaban J connectivity index is 1.84. The Morgan fingerprint density at radius 1 is 1.00 bits per heavy atom. The summed E-state index contributed by atoms with van der Waals surface area (Å²) in [6, 6.07) is 17.7. The van der Waals surface area contributed by atoms with Crippen molar-refractivity contribution in [1.82, 2.24) is 0 Å². The molecule has 0 amide bonds. The first-order chi connectivity index (χ1) is 14.4. The predicted molar refractivity (Wildman–Crippen MR) is 113 cm³/mol. The molecule has 0 aliphatic carbocycles. The van der Waals surface area contributed by atoms with Crippen LogP contribution in [0.15, 0.2) is 75.9 Å². The Morgan fingerprint density at radius 2 is 1.80 bits per heavy atom. The number of carbonyl (C=O) groups excluding carboxylic acids is 1. The zero-order valence-electron chi connectivity index (χ0n) is 15.4. The molecule has 5 nitrogen and oxygen atoms in total. The molecule has 0 bridgehead atoms. The first-order valence-electron chi connectivity index (χ1n) is 8.88. The van der Waals surface area contributed by atoms with Gasteiger partial charge in [-0.05, 0) is 47.5 Å². The highest BCUT2D eigenvalue weighted by Gasteiger charge is 2.20. The minimum Gasteiger partial charge on any atom is -0.545 e. The van der Waals surface area contributed by atoms with E-state index in [-0.39, 0.29) is 29.1 Å². The Labute approximate surface area is 181 Å². The number of hydrogen-bond donors (Lipinski definition) is 0. The topological polar surface area (TPSA) is 79.6 Å². The van der Waals surface area contributed by atoms with Gasteiger partial charge in [-0.1, -0.05) is 53.5 Å². The first kappa shape index (κ1) is 20.0. The van der Waals surface area contributed by atoms with E-state index in [9.17, 15) is 14.7 Å². The van der Waals surface area contributed by atoms with Crippen molar-refractivity contribution in [3.05, 3.63) is 98.1 Å². The molecule has 150 valence electrons. The first-order valence-corrected chi connectivity index (χ1v) is 9.64. The molecule has 1 aromatic heterocycles. The minimum absolute atomic E-state index is 0.0137. The largest absolute Gasteiger partial charge is 0.545 e. The maximum Gasteiger partial charge on any atom is 0.235 e. The molecular weight excluding hydrogens is 427 g/mol. The number of aromatic carboxylic acids is 1. The van der Waals surface area contributed by atoms with Crippen LogP contribution in [-0.4, -0.2) is 5.97 Å². The third-order valence-electron chi connectivity index (χ3n) is 4.48. The van der Waals surface area contributed by atoms with Crippen LogP contribution in [0.1, 0.15) is 15.9 Å². The minimum atomic E-state index is -1.30. The van der Waals surface area contributed by atoms with Gasteiger partial charge in [0.05, 0.1) is 16.4 Å². The molecule has 0 unspecified atom stereocenters. The lowest BCUT2D eigenvalue weighted by molar-refractivity contribution is -0.255. The van der Waals surface area contributed by atoms with E-state index in [1.165, 1.54) is 18.2 Å². The normalized spacial score (nSPS) is 10.9. The smallest absolute Gasteiger partial charge is 0.235 e.